The van der Waals surface area contributed by atoms with Gasteiger partial charge in [0.25, 0.3) is 5.91 Å². The minimum Gasteiger partial charge on any atom is -0.340 e. The second-order valence-corrected chi connectivity index (χ2v) is 8.61. The van der Waals surface area contributed by atoms with Crippen LogP contribution >= 0.6 is 11.8 Å². The van der Waals surface area contributed by atoms with Crippen LogP contribution in [0.4, 0.5) is 17.6 Å². The molecule has 6 nitrogen and oxygen atoms in total. The van der Waals surface area contributed by atoms with Crippen LogP contribution in [-0.2, 0) is 11.3 Å². The number of nitrogens with zero attached hydrogens (tertiary/aromatic N) is 4. The van der Waals surface area contributed by atoms with E-state index in [0.29, 0.717) is 12.1 Å². The number of alkyl halides is 3. The second-order valence-electron chi connectivity index (χ2n) is 7.65. The van der Waals surface area contributed by atoms with Gasteiger partial charge in [0, 0.05) is 28.7 Å². The summed E-state index contributed by atoms with van der Waals surface area (Å²) in [5, 5.41) is 11.8. The SMILES string of the molecule is Cc1c(C=C2C(=N)N3N=C(C(F)(F)F)SC3=NC2=O)c2ccccc2n1Cc1ccc(F)cc1. The van der Waals surface area contributed by atoms with Crippen molar-refractivity contribution in [1.82, 2.24) is 9.58 Å². The lowest BCUT2D eigenvalue weighted by Gasteiger charge is -2.20. The van der Waals surface area contributed by atoms with Crippen molar-refractivity contribution in [3.05, 3.63) is 76.7 Å². The van der Waals surface area contributed by atoms with Gasteiger partial charge < -0.3 is 4.57 Å². The Balaban J connectivity index is 1.59. The number of hydrogen-bond acceptors (Lipinski definition) is 4. The fraction of sp³-hybridized carbons (Fsp3) is 0.130. The molecule has 2 aromatic carbocycles. The van der Waals surface area contributed by atoms with Crippen molar-refractivity contribution in [1.29, 1.82) is 5.41 Å². The first-order valence-electron chi connectivity index (χ1n) is 10.0. The van der Waals surface area contributed by atoms with E-state index in [4.69, 9.17) is 5.41 Å². The normalized spacial score (nSPS) is 17.4. The molecule has 11 heteroatoms. The Morgan fingerprint density at radius 2 is 1.82 bits per heavy atom. The van der Waals surface area contributed by atoms with Gasteiger partial charge in [-0.2, -0.15) is 28.3 Å². The smallest absolute Gasteiger partial charge is 0.340 e. The third-order valence-electron chi connectivity index (χ3n) is 5.52. The minimum atomic E-state index is -4.71. The number of aromatic nitrogens is 1. The lowest BCUT2D eigenvalue weighted by atomic mass is 10.1. The van der Waals surface area contributed by atoms with Crippen LogP contribution in [0.5, 0.6) is 0 Å². The van der Waals surface area contributed by atoms with Gasteiger partial charge in [0.15, 0.2) is 5.84 Å². The molecule has 1 aromatic heterocycles. The van der Waals surface area contributed by atoms with Crippen molar-refractivity contribution in [3.63, 3.8) is 0 Å². The molecule has 0 fully saturated rings. The van der Waals surface area contributed by atoms with Gasteiger partial charge in [-0.15, -0.1) is 0 Å². The number of amides is 1. The van der Waals surface area contributed by atoms with Crippen LogP contribution in [0, 0.1) is 18.2 Å². The fourth-order valence-electron chi connectivity index (χ4n) is 3.87. The zero-order chi connectivity index (χ0) is 24.2. The minimum absolute atomic E-state index is 0.163. The molecule has 0 saturated carbocycles. The summed E-state index contributed by atoms with van der Waals surface area (Å²) in [6.45, 7) is 2.28. The Kier molecular flexibility index (Phi) is 5.16. The first-order chi connectivity index (χ1) is 16.1. The zero-order valence-electron chi connectivity index (χ0n) is 17.5. The number of thioether (sulfide) groups is 1. The van der Waals surface area contributed by atoms with Crippen molar-refractivity contribution in [2.45, 2.75) is 19.6 Å². The van der Waals surface area contributed by atoms with Gasteiger partial charge in [-0.05, 0) is 48.5 Å². The van der Waals surface area contributed by atoms with Crippen molar-refractivity contribution < 1.29 is 22.4 Å². The van der Waals surface area contributed by atoms with Crippen LogP contribution in [0.2, 0.25) is 0 Å². The largest absolute Gasteiger partial charge is 0.441 e. The summed E-state index contributed by atoms with van der Waals surface area (Å²) in [5.41, 5.74) is 2.96. The molecule has 0 aliphatic carbocycles. The molecule has 0 bridgehead atoms. The van der Waals surface area contributed by atoms with E-state index >= 15 is 0 Å². The first kappa shape index (κ1) is 22.1. The second kappa shape index (κ2) is 7.94. The molecular weight excluding hydrogens is 470 g/mol. The van der Waals surface area contributed by atoms with Gasteiger partial charge in [0.1, 0.15) is 5.82 Å². The number of aliphatic imine (C=N–C) groups is 1. The highest BCUT2D eigenvalue weighted by Crippen LogP contribution is 2.36. The van der Waals surface area contributed by atoms with Gasteiger partial charge >= 0.3 is 6.18 Å². The zero-order valence-corrected chi connectivity index (χ0v) is 18.3. The predicted molar refractivity (Wildman–Crippen MR) is 123 cm³/mol. The van der Waals surface area contributed by atoms with E-state index in [1.807, 2.05) is 35.8 Å². The van der Waals surface area contributed by atoms with Gasteiger partial charge in [-0.25, -0.2) is 4.39 Å². The number of rotatable bonds is 3. The molecule has 2 aliphatic rings. The van der Waals surface area contributed by atoms with Gasteiger partial charge in [0.05, 0.1) is 5.57 Å². The lowest BCUT2D eigenvalue weighted by molar-refractivity contribution is -0.114. The van der Waals surface area contributed by atoms with E-state index in [-0.39, 0.29) is 28.3 Å². The predicted octanol–water partition coefficient (Wildman–Crippen LogP) is 5.32. The maximum Gasteiger partial charge on any atom is 0.441 e. The van der Waals surface area contributed by atoms with Crippen molar-refractivity contribution in [2.24, 2.45) is 10.1 Å². The quantitative estimate of drug-likeness (QED) is 0.403. The summed E-state index contributed by atoms with van der Waals surface area (Å²) in [5.74, 6) is -1.62. The highest BCUT2D eigenvalue weighted by Gasteiger charge is 2.46. The monoisotopic (exact) mass is 485 g/mol. The van der Waals surface area contributed by atoms with Crippen LogP contribution in [0.25, 0.3) is 17.0 Å². The van der Waals surface area contributed by atoms with Crippen LogP contribution in [0.1, 0.15) is 16.8 Å². The van der Waals surface area contributed by atoms with Gasteiger partial charge in [-0.3, -0.25) is 10.2 Å². The van der Waals surface area contributed by atoms with E-state index in [9.17, 15) is 22.4 Å². The number of halogens is 4. The highest BCUT2D eigenvalue weighted by atomic mass is 32.2. The third-order valence-corrected chi connectivity index (χ3v) is 6.47. The molecule has 0 atom stereocenters. The van der Waals surface area contributed by atoms with Crippen LogP contribution < -0.4 is 0 Å². The fourth-order valence-corrected chi connectivity index (χ4v) is 4.63. The van der Waals surface area contributed by atoms with Crippen molar-refractivity contribution in [3.8, 4) is 0 Å². The number of carbonyl (C=O) groups is 1. The molecular formula is C23H15F4N5OS. The molecule has 0 spiro atoms. The topological polar surface area (TPSA) is 73.8 Å². The Bertz CT molecular complexity index is 1450. The summed E-state index contributed by atoms with van der Waals surface area (Å²) in [4.78, 5) is 16.4. The maximum atomic E-state index is 13.3. The summed E-state index contributed by atoms with van der Waals surface area (Å²) in [6, 6.07) is 13.6. The Morgan fingerprint density at radius 1 is 1.12 bits per heavy atom. The Labute approximate surface area is 194 Å². The van der Waals surface area contributed by atoms with E-state index in [2.05, 4.69) is 10.1 Å². The van der Waals surface area contributed by atoms with E-state index < -0.39 is 23.0 Å². The molecule has 0 saturated heterocycles. The van der Waals surface area contributed by atoms with Crippen LogP contribution in [0.15, 0.2) is 64.2 Å². The average Bonchev–Trinajstić information content (AvgIpc) is 3.33. The number of para-hydroxylation sites is 1. The molecule has 0 radical (unpaired) electrons. The van der Waals surface area contributed by atoms with Gasteiger partial charge in [-0.1, -0.05) is 30.3 Å². The number of hydrogen-bond donors (Lipinski definition) is 1. The summed E-state index contributed by atoms with van der Waals surface area (Å²) < 4.78 is 54.5. The van der Waals surface area contributed by atoms with Gasteiger partial charge in [0.2, 0.25) is 10.2 Å². The molecule has 1 N–H and O–H groups in total. The number of amidine groups is 2. The Morgan fingerprint density at radius 3 is 2.53 bits per heavy atom. The molecule has 3 heterocycles. The average molecular weight is 485 g/mol. The molecule has 1 amide bonds. The van der Waals surface area contributed by atoms with Crippen LogP contribution in [-0.4, -0.2) is 37.7 Å². The van der Waals surface area contributed by atoms with Crippen LogP contribution in [0.3, 0.4) is 0 Å². The van der Waals surface area contributed by atoms with E-state index in [0.717, 1.165) is 27.2 Å². The summed E-state index contributed by atoms with van der Waals surface area (Å²) >= 11 is 0.211. The Hall–Kier alpha value is -3.73. The highest BCUT2D eigenvalue weighted by molar-refractivity contribution is 8.27. The van der Waals surface area contributed by atoms with E-state index in [1.54, 1.807) is 12.1 Å². The van der Waals surface area contributed by atoms with Crippen molar-refractivity contribution >= 4 is 50.7 Å². The van der Waals surface area contributed by atoms with Crippen molar-refractivity contribution in [2.75, 3.05) is 0 Å². The summed E-state index contributed by atoms with van der Waals surface area (Å²) in [6.07, 6.45) is -3.24. The molecule has 172 valence electrons. The summed E-state index contributed by atoms with van der Waals surface area (Å²) in [7, 11) is 0. The molecule has 0 unspecified atom stereocenters. The molecule has 2 aliphatic heterocycles. The lowest BCUT2D eigenvalue weighted by Crippen LogP contribution is -2.35. The first-order valence-corrected chi connectivity index (χ1v) is 10.8. The number of carbonyl (C=O) groups excluding carboxylic acids is 1. The number of fused-ring (bicyclic) bond motifs is 2. The number of benzene rings is 2. The third kappa shape index (κ3) is 3.71. The maximum absolute atomic E-state index is 13.3. The molecule has 3 aromatic rings. The number of nitrogens with one attached hydrogen (secondary N) is 1. The standard InChI is InChI=1S/C23H15F4N5OS/c1-12-16(10-17-19(28)32-22(29-20(17)33)34-21(30-32)23(25,26)27)15-4-2-3-5-18(15)31(12)11-13-6-8-14(24)9-7-13/h2-10,28H,11H2,1H3. The molecule has 5 rings (SSSR count). The molecule has 34 heavy (non-hydrogen) atoms. The number of hydrazone groups is 1. The van der Waals surface area contributed by atoms with E-state index in [1.165, 1.54) is 18.2 Å².